The maximum Gasteiger partial charge on any atom is 0.0546 e. The van der Waals surface area contributed by atoms with Crippen LogP contribution in [0.4, 0.5) is 0 Å². The zero-order chi connectivity index (χ0) is 9.78. The van der Waals surface area contributed by atoms with Gasteiger partial charge in [-0.1, -0.05) is 20.8 Å². The molecule has 0 saturated carbocycles. The molecule has 0 aliphatic rings. The van der Waals surface area contributed by atoms with Crippen LogP contribution in [-0.2, 0) is 4.74 Å². The van der Waals surface area contributed by atoms with Crippen molar-refractivity contribution in [3.05, 3.63) is 0 Å². The summed E-state index contributed by atoms with van der Waals surface area (Å²) in [4.78, 5) is 0. The Morgan fingerprint density at radius 3 is 2.08 bits per heavy atom. The molecule has 2 unspecified atom stereocenters. The Morgan fingerprint density at radius 2 is 1.83 bits per heavy atom. The number of ether oxygens (including phenoxy) is 1. The van der Waals surface area contributed by atoms with Crippen LogP contribution in [0.25, 0.3) is 0 Å². The fraction of sp³-hybridized carbons (Fsp3) is 1.00. The lowest BCUT2D eigenvalue weighted by molar-refractivity contribution is 0.0445. The molecule has 0 aromatic heterocycles. The molecule has 0 spiro atoms. The number of rotatable bonds is 4. The van der Waals surface area contributed by atoms with Gasteiger partial charge in [-0.3, -0.25) is 0 Å². The van der Waals surface area contributed by atoms with Crippen LogP contribution in [0.1, 0.15) is 34.1 Å². The molecule has 0 amide bonds. The summed E-state index contributed by atoms with van der Waals surface area (Å²) in [6, 6.07) is 0. The second-order valence-corrected chi connectivity index (χ2v) is 4.53. The molecule has 0 rings (SSSR count). The number of aliphatic hydroxyl groups is 1. The minimum Gasteiger partial charge on any atom is -0.396 e. The molecule has 74 valence electrons. The summed E-state index contributed by atoms with van der Waals surface area (Å²) in [5.74, 6) is 0.326. The normalized spacial score (nSPS) is 17.5. The average Bonchev–Trinajstić information content (AvgIpc) is 1.97. The molecule has 2 atom stereocenters. The summed E-state index contributed by atoms with van der Waals surface area (Å²) in [6.45, 7) is 8.73. The predicted octanol–water partition coefficient (Wildman–Crippen LogP) is 2.07. The van der Waals surface area contributed by atoms with Gasteiger partial charge in [0.15, 0.2) is 0 Å². The van der Waals surface area contributed by atoms with E-state index >= 15 is 0 Å². The second-order valence-electron chi connectivity index (χ2n) is 4.53. The second kappa shape index (κ2) is 4.83. The Bertz CT molecular complexity index is 115. The van der Waals surface area contributed by atoms with E-state index in [9.17, 15) is 0 Å². The van der Waals surface area contributed by atoms with Crippen molar-refractivity contribution in [3.63, 3.8) is 0 Å². The van der Waals surface area contributed by atoms with Crippen molar-refractivity contribution in [3.8, 4) is 0 Å². The van der Waals surface area contributed by atoms with E-state index in [2.05, 4.69) is 20.8 Å². The van der Waals surface area contributed by atoms with Gasteiger partial charge in [0.2, 0.25) is 0 Å². The average molecular weight is 174 g/mol. The third-order valence-electron chi connectivity index (χ3n) is 2.46. The number of hydrogen-bond acceptors (Lipinski definition) is 2. The van der Waals surface area contributed by atoms with Gasteiger partial charge < -0.3 is 9.84 Å². The monoisotopic (exact) mass is 174 g/mol. The molecule has 0 aromatic carbocycles. The summed E-state index contributed by atoms with van der Waals surface area (Å²) in [5, 5.41) is 9.15. The van der Waals surface area contributed by atoms with Gasteiger partial charge in [-0.05, 0) is 24.7 Å². The lowest BCUT2D eigenvalue weighted by Crippen LogP contribution is -2.27. The highest BCUT2D eigenvalue weighted by Crippen LogP contribution is 2.29. The Kier molecular flexibility index (Phi) is 4.80. The van der Waals surface area contributed by atoms with Crippen LogP contribution in [0.3, 0.4) is 0 Å². The molecule has 0 bridgehead atoms. The van der Waals surface area contributed by atoms with Crippen LogP contribution in [0.5, 0.6) is 0 Å². The molecule has 2 nitrogen and oxygen atoms in total. The first-order chi connectivity index (χ1) is 5.41. The van der Waals surface area contributed by atoms with Gasteiger partial charge in [0, 0.05) is 13.7 Å². The number of hydrogen-bond donors (Lipinski definition) is 1. The summed E-state index contributed by atoms with van der Waals surface area (Å²) in [7, 11) is 1.71. The largest absolute Gasteiger partial charge is 0.396 e. The quantitative estimate of drug-likeness (QED) is 0.707. The van der Waals surface area contributed by atoms with Crippen molar-refractivity contribution in [1.29, 1.82) is 0 Å². The molecule has 1 N–H and O–H groups in total. The third kappa shape index (κ3) is 4.07. The van der Waals surface area contributed by atoms with Gasteiger partial charge in [-0.15, -0.1) is 0 Å². The van der Waals surface area contributed by atoms with Crippen LogP contribution in [0.15, 0.2) is 0 Å². The minimum absolute atomic E-state index is 0.168. The van der Waals surface area contributed by atoms with Crippen LogP contribution >= 0.6 is 0 Å². The highest BCUT2D eigenvalue weighted by molar-refractivity contribution is 4.75. The Labute approximate surface area is 75.9 Å². The molecule has 0 radical (unpaired) electrons. The van der Waals surface area contributed by atoms with E-state index in [4.69, 9.17) is 9.84 Å². The Hall–Kier alpha value is -0.0800. The number of aliphatic hydroxyl groups excluding tert-OH is 1. The molecule has 0 fully saturated rings. The standard InChI is InChI=1S/C10H22O2/c1-8(12-5)6-9(7-11)10(2,3)4/h8-9,11H,6-7H2,1-5H3. The van der Waals surface area contributed by atoms with Gasteiger partial charge in [0.25, 0.3) is 0 Å². The van der Waals surface area contributed by atoms with Crippen LogP contribution in [-0.4, -0.2) is 24.9 Å². The molecular formula is C10H22O2. The van der Waals surface area contributed by atoms with Gasteiger partial charge in [-0.2, -0.15) is 0 Å². The van der Waals surface area contributed by atoms with Crippen molar-refractivity contribution < 1.29 is 9.84 Å². The van der Waals surface area contributed by atoms with Crippen molar-refractivity contribution >= 4 is 0 Å². The van der Waals surface area contributed by atoms with Crippen LogP contribution in [0.2, 0.25) is 0 Å². The SMILES string of the molecule is COC(C)CC(CO)C(C)(C)C. The first-order valence-electron chi connectivity index (χ1n) is 4.55. The summed E-state index contributed by atoms with van der Waals surface area (Å²) >= 11 is 0. The molecule has 2 heteroatoms. The highest BCUT2D eigenvalue weighted by atomic mass is 16.5. The maximum atomic E-state index is 9.15. The van der Waals surface area contributed by atoms with E-state index in [1.54, 1.807) is 7.11 Å². The molecule has 0 aliphatic carbocycles. The maximum absolute atomic E-state index is 9.15. The van der Waals surface area contributed by atoms with Crippen molar-refractivity contribution in [1.82, 2.24) is 0 Å². The van der Waals surface area contributed by atoms with Crippen LogP contribution < -0.4 is 0 Å². The lowest BCUT2D eigenvalue weighted by Gasteiger charge is -2.30. The summed E-state index contributed by atoms with van der Waals surface area (Å²) in [5.41, 5.74) is 0.168. The molecule has 12 heavy (non-hydrogen) atoms. The molecular weight excluding hydrogens is 152 g/mol. The van der Waals surface area contributed by atoms with Crippen molar-refractivity contribution in [2.75, 3.05) is 13.7 Å². The molecule has 0 saturated heterocycles. The van der Waals surface area contributed by atoms with Gasteiger partial charge >= 0.3 is 0 Å². The van der Waals surface area contributed by atoms with E-state index in [-0.39, 0.29) is 18.1 Å². The minimum atomic E-state index is 0.168. The van der Waals surface area contributed by atoms with E-state index in [1.165, 1.54) is 0 Å². The Morgan fingerprint density at radius 1 is 1.33 bits per heavy atom. The fourth-order valence-corrected chi connectivity index (χ4v) is 1.20. The topological polar surface area (TPSA) is 29.5 Å². The molecule has 0 heterocycles. The van der Waals surface area contributed by atoms with Crippen LogP contribution in [0, 0.1) is 11.3 Å². The fourth-order valence-electron chi connectivity index (χ4n) is 1.20. The smallest absolute Gasteiger partial charge is 0.0546 e. The Balaban J connectivity index is 4.00. The summed E-state index contributed by atoms with van der Waals surface area (Å²) < 4.78 is 5.17. The zero-order valence-electron chi connectivity index (χ0n) is 8.92. The third-order valence-corrected chi connectivity index (χ3v) is 2.46. The van der Waals surface area contributed by atoms with E-state index in [0.717, 1.165) is 6.42 Å². The molecule has 0 aliphatic heterocycles. The van der Waals surface area contributed by atoms with Gasteiger partial charge in [0.05, 0.1) is 6.10 Å². The van der Waals surface area contributed by atoms with Gasteiger partial charge in [0.1, 0.15) is 0 Å². The number of methoxy groups -OCH3 is 1. The highest BCUT2D eigenvalue weighted by Gasteiger charge is 2.25. The van der Waals surface area contributed by atoms with E-state index in [1.807, 2.05) is 6.92 Å². The lowest BCUT2D eigenvalue weighted by atomic mass is 9.78. The van der Waals surface area contributed by atoms with E-state index < -0.39 is 0 Å². The van der Waals surface area contributed by atoms with Gasteiger partial charge in [-0.25, -0.2) is 0 Å². The first-order valence-corrected chi connectivity index (χ1v) is 4.55. The zero-order valence-corrected chi connectivity index (χ0v) is 8.92. The molecule has 0 aromatic rings. The van der Waals surface area contributed by atoms with E-state index in [0.29, 0.717) is 5.92 Å². The first kappa shape index (κ1) is 11.9. The predicted molar refractivity (Wildman–Crippen MR) is 51.1 cm³/mol. The summed E-state index contributed by atoms with van der Waals surface area (Å²) in [6.07, 6.45) is 1.16. The van der Waals surface area contributed by atoms with Crippen molar-refractivity contribution in [2.45, 2.75) is 40.2 Å². The van der Waals surface area contributed by atoms with Crippen molar-refractivity contribution in [2.24, 2.45) is 11.3 Å².